The Kier molecular flexibility index (Phi) is 4.57. The normalized spacial score (nSPS) is 9.76. The zero-order valence-electron chi connectivity index (χ0n) is 12.1. The Morgan fingerprint density at radius 1 is 1.19 bits per heavy atom. The quantitative estimate of drug-likeness (QED) is 0.902. The standard InChI is InChI=1S/C17H17N3O/c1-12-3-8-16(19-2)15(11-12)17(21)20-14-6-4-13(5-7-14)9-10-18/h3-8,11,19H,9H2,1-2H3,(H,20,21). The van der Waals surface area contributed by atoms with E-state index in [2.05, 4.69) is 16.7 Å². The predicted molar refractivity (Wildman–Crippen MR) is 84.4 cm³/mol. The first-order chi connectivity index (χ1) is 10.1. The second-order valence-electron chi connectivity index (χ2n) is 4.78. The largest absolute Gasteiger partial charge is 0.387 e. The minimum absolute atomic E-state index is 0.156. The van der Waals surface area contributed by atoms with Crippen LogP contribution in [0.15, 0.2) is 42.5 Å². The summed E-state index contributed by atoms with van der Waals surface area (Å²) in [6, 6.07) is 15.1. The van der Waals surface area contributed by atoms with Crippen LogP contribution in [0.4, 0.5) is 11.4 Å². The molecule has 4 nitrogen and oxygen atoms in total. The van der Waals surface area contributed by atoms with Crippen molar-refractivity contribution in [3.05, 3.63) is 59.2 Å². The first-order valence-corrected chi connectivity index (χ1v) is 6.69. The van der Waals surface area contributed by atoms with Crippen LogP contribution in [-0.2, 0) is 6.42 Å². The van der Waals surface area contributed by atoms with E-state index in [1.165, 1.54) is 0 Å². The van der Waals surface area contributed by atoms with Crippen LogP contribution >= 0.6 is 0 Å². The van der Waals surface area contributed by atoms with Crippen LogP contribution in [0.3, 0.4) is 0 Å². The van der Waals surface area contributed by atoms with Crippen molar-refractivity contribution in [1.29, 1.82) is 5.26 Å². The predicted octanol–water partition coefficient (Wildman–Crippen LogP) is 3.36. The van der Waals surface area contributed by atoms with Gasteiger partial charge in [-0.25, -0.2) is 0 Å². The SMILES string of the molecule is CNc1ccc(C)cc1C(=O)Nc1ccc(CC#N)cc1. The van der Waals surface area contributed by atoms with Gasteiger partial charge in [0.1, 0.15) is 0 Å². The van der Waals surface area contributed by atoms with Gasteiger partial charge in [0.05, 0.1) is 18.1 Å². The highest BCUT2D eigenvalue weighted by atomic mass is 16.1. The summed E-state index contributed by atoms with van der Waals surface area (Å²) in [6.45, 7) is 1.95. The van der Waals surface area contributed by atoms with Crippen LogP contribution in [-0.4, -0.2) is 13.0 Å². The van der Waals surface area contributed by atoms with E-state index in [-0.39, 0.29) is 5.91 Å². The zero-order valence-corrected chi connectivity index (χ0v) is 12.1. The molecule has 21 heavy (non-hydrogen) atoms. The van der Waals surface area contributed by atoms with Crippen molar-refractivity contribution in [2.45, 2.75) is 13.3 Å². The molecular formula is C17H17N3O. The molecule has 0 heterocycles. The number of aryl methyl sites for hydroxylation is 1. The smallest absolute Gasteiger partial charge is 0.257 e. The third kappa shape index (κ3) is 3.61. The van der Waals surface area contributed by atoms with E-state index in [4.69, 9.17) is 5.26 Å². The topological polar surface area (TPSA) is 64.9 Å². The van der Waals surface area contributed by atoms with E-state index in [0.717, 1.165) is 16.8 Å². The van der Waals surface area contributed by atoms with E-state index < -0.39 is 0 Å². The van der Waals surface area contributed by atoms with Crippen molar-refractivity contribution < 1.29 is 4.79 Å². The molecule has 0 radical (unpaired) electrons. The van der Waals surface area contributed by atoms with E-state index in [1.54, 1.807) is 19.2 Å². The number of carbonyl (C=O) groups is 1. The number of hydrogen-bond acceptors (Lipinski definition) is 3. The lowest BCUT2D eigenvalue weighted by Gasteiger charge is -2.11. The Hall–Kier alpha value is -2.80. The summed E-state index contributed by atoms with van der Waals surface area (Å²) < 4.78 is 0. The lowest BCUT2D eigenvalue weighted by molar-refractivity contribution is 0.102. The molecular weight excluding hydrogens is 262 g/mol. The molecule has 4 heteroatoms. The molecule has 2 rings (SSSR count). The van der Waals surface area contributed by atoms with Gasteiger partial charge in [0.25, 0.3) is 5.91 Å². The molecule has 0 fully saturated rings. The van der Waals surface area contributed by atoms with Crippen molar-refractivity contribution >= 4 is 17.3 Å². The molecule has 2 aromatic rings. The molecule has 0 aliphatic heterocycles. The monoisotopic (exact) mass is 279 g/mol. The van der Waals surface area contributed by atoms with Gasteiger partial charge in [-0.05, 0) is 36.8 Å². The van der Waals surface area contributed by atoms with Gasteiger partial charge in [0.2, 0.25) is 0 Å². The van der Waals surface area contributed by atoms with Crippen molar-refractivity contribution in [2.24, 2.45) is 0 Å². The van der Waals surface area contributed by atoms with E-state index in [1.807, 2.05) is 37.3 Å². The average molecular weight is 279 g/mol. The summed E-state index contributed by atoms with van der Waals surface area (Å²) in [4.78, 5) is 12.4. The van der Waals surface area contributed by atoms with Crippen LogP contribution in [0.1, 0.15) is 21.5 Å². The highest BCUT2D eigenvalue weighted by Gasteiger charge is 2.11. The summed E-state index contributed by atoms with van der Waals surface area (Å²) in [7, 11) is 1.79. The summed E-state index contributed by atoms with van der Waals surface area (Å²) >= 11 is 0. The summed E-state index contributed by atoms with van der Waals surface area (Å²) in [5, 5.41) is 14.5. The minimum atomic E-state index is -0.156. The molecule has 0 aliphatic carbocycles. The molecule has 0 spiro atoms. The lowest BCUT2D eigenvalue weighted by Crippen LogP contribution is -2.14. The number of hydrogen-bond donors (Lipinski definition) is 2. The molecule has 2 aromatic carbocycles. The molecule has 0 saturated carbocycles. The van der Waals surface area contributed by atoms with E-state index >= 15 is 0 Å². The second kappa shape index (κ2) is 6.58. The Balaban J connectivity index is 2.18. The number of rotatable bonds is 4. The number of nitrogens with zero attached hydrogens (tertiary/aromatic N) is 1. The summed E-state index contributed by atoms with van der Waals surface area (Å²) in [5.74, 6) is -0.156. The fourth-order valence-corrected chi connectivity index (χ4v) is 2.06. The van der Waals surface area contributed by atoms with Crippen molar-refractivity contribution in [2.75, 3.05) is 17.7 Å². The lowest BCUT2D eigenvalue weighted by atomic mass is 10.1. The van der Waals surface area contributed by atoms with Gasteiger partial charge in [-0.1, -0.05) is 23.8 Å². The molecule has 0 unspecified atom stereocenters. The molecule has 0 bridgehead atoms. The van der Waals surface area contributed by atoms with E-state index in [9.17, 15) is 4.79 Å². The highest BCUT2D eigenvalue weighted by Crippen LogP contribution is 2.19. The number of carbonyl (C=O) groups excluding carboxylic acids is 1. The molecule has 106 valence electrons. The Labute approximate surface area is 124 Å². The Bertz CT molecular complexity index is 684. The average Bonchev–Trinajstić information content (AvgIpc) is 2.49. The fraction of sp³-hybridized carbons (Fsp3) is 0.176. The third-order valence-electron chi connectivity index (χ3n) is 3.18. The van der Waals surface area contributed by atoms with Crippen molar-refractivity contribution in [1.82, 2.24) is 0 Å². The van der Waals surface area contributed by atoms with Gasteiger partial charge in [-0.2, -0.15) is 5.26 Å². The van der Waals surface area contributed by atoms with E-state index in [0.29, 0.717) is 17.7 Å². The molecule has 0 aliphatic rings. The maximum atomic E-state index is 12.4. The van der Waals surface area contributed by atoms with Crippen molar-refractivity contribution in [3.63, 3.8) is 0 Å². The number of nitrogens with one attached hydrogen (secondary N) is 2. The Morgan fingerprint density at radius 2 is 1.90 bits per heavy atom. The molecule has 1 amide bonds. The van der Waals surface area contributed by atoms with Crippen LogP contribution < -0.4 is 10.6 Å². The minimum Gasteiger partial charge on any atom is -0.387 e. The van der Waals surface area contributed by atoms with Gasteiger partial charge in [0, 0.05) is 18.4 Å². The fourth-order valence-electron chi connectivity index (χ4n) is 2.06. The number of anilines is 2. The maximum Gasteiger partial charge on any atom is 0.257 e. The van der Waals surface area contributed by atoms with Gasteiger partial charge in [0.15, 0.2) is 0 Å². The summed E-state index contributed by atoms with van der Waals surface area (Å²) in [6.07, 6.45) is 0.371. The first kappa shape index (κ1) is 14.6. The van der Waals surface area contributed by atoms with Crippen LogP contribution in [0, 0.1) is 18.3 Å². The first-order valence-electron chi connectivity index (χ1n) is 6.69. The van der Waals surface area contributed by atoms with Crippen LogP contribution in [0.25, 0.3) is 0 Å². The van der Waals surface area contributed by atoms with Crippen LogP contribution in [0.2, 0.25) is 0 Å². The van der Waals surface area contributed by atoms with Gasteiger partial charge < -0.3 is 10.6 Å². The van der Waals surface area contributed by atoms with Gasteiger partial charge in [-0.3, -0.25) is 4.79 Å². The summed E-state index contributed by atoms with van der Waals surface area (Å²) in [5.41, 5.74) is 4.08. The molecule has 0 saturated heterocycles. The second-order valence-corrected chi connectivity index (χ2v) is 4.78. The molecule has 0 aromatic heterocycles. The Morgan fingerprint density at radius 3 is 2.52 bits per heavy atom. The third-order valence-corrected chi connectivity index (χ3v) is 3.18. The van der Waals surface area contributed by atoms with Gasteiger partial charge in [-0.15, -0.1) is 0 Å². The molecule has 2 N–H and O–H groups in total. The molecule has 0 atom stereocenters. The maximum absolute atomic E-state index is 12.4. The zero-order chi connectivity index (χ0) is 15.2. The van der Waals surface area contributed by atoms with Crippen LogP contribution in [0.5, 0.6) is 0 Å². The van der Waals surface area contributed by atoms with Crippen molar-refractivity contribution in [3.8, 4) is 6.07 Å². The number of amides is 1. The van der Waals surface area contributed by atoms with Gasteiger partial charge >= 0.3 is 0 Å². The highest BCUT2D eigenvalue weighted by molar-refractivity contribution is 6.08. The number of nitriles is 1. The number of benzene rings is 2.